The standard InChI is InChI=1S/C27H26ClN3O3S/c1-27(2)21-22(27)26(33)31(25(21)32)12-14-8-20-24(35-14)17(6-7-30-20)18-9-19(28)15-4-3-5-16(15)23(18)34-13-10-29-11-13/h6-9,13,21-22,29H,3-5,10-12H2,1-2H3. The highest BCUT2D eigenvalue weighted by Crippen LogP contribution is 2.63. The zero-order chi connectivity index (χ0) is 24.1. The maximum Gasteiger partial charge on any atom is 0.234 e. The third-order valence-electron chi connectivity index (χ3n) is 8.28. The molecule has 1 aromatic carbocycles. The number of aromatic nitrogens is 1. The zero-order valence-electron chi connectivity index (χ0n) is 19.7. The molecule has 6 nitrogen and oxygen atoms in total. The largest absolute Gasteiger partial charge is 0.487 e. The number of nitrogens with one attached hydrogen (secondary N) is 1. The maximum absolute atomic E-state index is 12.9. The monoisotopic (exact) mass is 507 g/mol. The Morgan fingerprint density at radius 2 is 1.89 bits per heavy atom. The van der Waals surface area contributed by atoms with Crippen molar-refractivity contribution in [1.82, 2.24) is 15.2 Å². The molecule has 35 heavy (non-hydrogen) atoms. The fraction of sp³-hybridized carbons (Fsp3) is 0.444. The molecule has 0 bridgehead atoms. The number of rotatable bonds is 5. The van der Waals surface area contributed by atoms with Crippen LogP contribution in [0.5, 0.6) is 5.75 Å². The Balaban J connectivity index is 1.28. The number of pyridine rings is 1. The van der Waals surface area contributed by atoms with Gasteiger partial charge in [0.1, 0.15) is 11.9 Å². The number of hydrogen-bond donors (Lipinski definition) is 1. The highest BCUT2D eigenvalue weighted by atomic mass is 35.5. The number of imide groups is 1. The van der Waals surface area contributed by atoms with Gasteiger partial charge in [-0.3, -0.25) is 19.5 Å². The van der Waals surface area contributed by atoms with Gasteiger partial charge in [0.05, 0.1) is 28.6 Å². The van der Waals surface area contributed by atoms with Gasteiger partial charge in [0.2, 0.25) is 11.8 Å². The molecule has 8 heteroatoms. The highest BCUT2D eigenvalue weighted by molar-refractivity contribution is 7.19. The predicted octanol–water partition coefficient (Wildman–Crippen LogP) is 4.60. The first-order valence-corrected chi connectivity index (χ1v) is 13.5. The first-order chi connectivity index (χ1) is 16.8. The Hall–Kier alpha value is -2.48. The van der Waals surface area contributed by atoms with Crippen molar-refractivity contribution in [2.24, 2.45) is 17.3 Å². The van der Waals surface area contributed by atoms with Crippen LogP contribution in [-0.4, -0.2) is 40.9 Å². The van der Waals surface area contributed by atoms with E-state index in [0.29, 0.717) is 6.54 Å². The molecular weight excluding hydrogens is 482 g/mol. The molecule has 4 heterocycles. The average Bonchev–Trinajstić information content (AvgIpc) is 3.24. The number of halogens is 1. The van der Waals surface area contributed by atoms with Crippen molar-refractivity contribution in [3.8, 4) is 16.9 Å². The van der Waals surface area contributed by atoms with E-state index in [2.05, 4.69) is 10.3 Å². The van der Waals surface area contributed by atoms with Gasteiger partial charge in [-0.25, -0.2) is 0 Å². The third-order valence-corrected chi connectivity index (χ3v) is 9.76. The van der Waals surface area contributed by atoms with Crippen LogP contribution in [0, 0.1) is 17.3 Å². The van der Waals surface area contributed by atoms with Crippen molar-refractivity contribution in [3.05, 3.63) is 45.4 Å². The number of benzene rings is 1. The van der Waals surface area contributed by atoms with Gasteiger partial charge in [-0.1, -0.05) is 25.4 Å². The van der Waals surface area contributed by atoms with Crippen LogP contribution in [0.3, 0.4) is 0 Å². The highest BCUT2D eigenvalue weighted by Gasteiger charge is 2.72. The number of carbonyl (C=O) groups is 2. The summed E-state index contributed by atoms with van der Waals surface area (Å²) in [5.74, 6) is 0.555. The Morgan fingerprint density at radius 3 is 2.60 bits per heavy atom. The number of amides is 2. The van der Waals surface area contributed by atoms with Crippen molar-refractivity contribution in [1.29, 1.82) is 0 Å². The van der Waals surface area contributed by atoms with Crippen molar-refractivity contribution in [3.63, 3.8) is 0 Å². The number of fused-ring (bicyclic) bond motifs is 3. The smallest absolute Gasteiger partial charge is 0.234 e. The molecule has 180 valence electrons. The molecule has 2 saturated heterocycles. The molecule has 3 fully saturated rings. The lowest BCUT2D eigenvalue weighted by Crippen LogP contribution is -2.50. The van der Waals surface area contributed by atoms with E-state index < -0.39 is 0 Å². The van der Waals surface area contributed by atoms with Gasteiger partial charge in [0, 0.05) is 40.3 Å². The first-order valence-electron chi connectivity index (χ1n) is 12.3. The molecule has 2 aliphatic carbocycles. The normalized spacial score (nSPS) is 24.6. The van der Waals surface area contributed by atoms with Crippen LogP contribution in [0.25, 0.3) is 21.3 Å². The molecule has 1 N–H and O–H groups in total. The average molecular weight is 508 g/mol. The van der Waals surface area contributed by atoms with E-state index in [1.165, 1.54) is 16.0 Å². The topological polar surface area (TPSA) is 71.5 Å². The van der Waals surface area contributed by atoms with Crippen LogP contribution >= 0.6 is 22.9 Å². The Bertz CT molecular complexity index is 1400. The van der Waals surface area contributed by atoms with Crippen LogP contribution in [0.2, 0.25) is 5.02 Å². The van der Waals surface area contributed by atoms with E-state index >= 15 is 0 Å². The molecule has 3 aromatic rings. The second-order valence-electron chi connectivity index (χ2n) is 10.8. The van der Waals surface area contributed by atoms with Gasteiger partial charge < -0.3 is 10.1 Å². The summed E-state index contributed by atoms with van der Waals surface area (Å²) >= 11 is 8.35. The minimum absolute atomic E-state index is 0.0363. The van der Waals surface area contributed by atoms with Crippen LogP contribution in [0.4, 0.5) is 0 Å². The molecule has 0 radical (unpaired) electrons. The molecule has 2 aromatic heterocycles. The Morgan fingerprint density at radius 1 is 1.14 bits per heavy atom. The summed E-state index contributed by atoms with van der Waals surface area (Å²) in [6.07, 6.45) is 5.02. The van der Waals surface area contributed by atoms with Gasteiger partial charge in [-0.05, 0) is 54.0 Å². The maximum atomic E-state index is 12.9. The van der Waals surface area contributed by atoms with E-state index in [-0.39, 0.29) is 35.2 Å². The van der Waals surface area contributed by atoms with E-state index in [9.17, 15) is 9.59 Å². The Kier molecular flexibility index (Phi) is 4.67. The number of likely N-dealkylation sites (tertiary alicyclic amines) is 1. The van der Waals surface area contributed by atoms with Crippen molar-refractivity contribution >= 4 is 45.0 Å². The molecule has 2 unspecified atom stereocenters. The molecule has 2 amide bonds. The second-order valence-corrected chi connectivity index (χ2v) is 12.3. The van der Waals surface area contributed by atoms with Crippen LogP contribution < -0.4 is 10.1 Å². The summed E-state index contributed by atoms with van der Waals surface area (Å²) < 4.78 is 7.55. The van der Waals surface area contributed by atoms with E-state index in [1.54, 1.807) is 11.3 Å². The first kappa shape index (κ1) is 21.8. The van der Waals surface area contributed by atoms with Gasteiger partial charge in [-0.15, -0.1) is 11.3 Å². The number of thiophene rings is 1. The lowest BCUT2D eigenvalue weighted by atomic mass is 9.98. The van der Waals surface area contributed by atoms with Crippen LogP contribution in [-0.2, 0) is 29.0 Å². The summed E-state index contributed by atoms with van der Waals surface area (Å²) in [5.41, 5.74) is 5.14. The number of nitrogens with zero attached hydrogens (tertiary/aromatic N) is 2. The molecule has 0 spiro atoms. The minimum atomic E-state index is -0.196. The fourth-order valence-corrected chi connectivity index (χ4v) is 7.59. The summed E-state index contributed by atoms with van der Waals surface area (Å²) in [4.78, 5) is 32.7. The molecule has 2 atom stereocenters. The fourth-order valence-electron chi connectivity index (χ4n) is 6.14. The number of piperidine rings is 1. The Labute approximate surface area is 212 Å². The minimum Gasteiger partial charge on any atom is -0.487 e. The third kappa shape index (κ3) is 3.14. The zero-order valence-corrected chi connectivity index (χ0v) is 21.3. The molecule has 7 rings (SSSR count). The number of carbonyl (C=O) groups excluding carboxylic acids is 2. The lowest BCUT2D eigenvalue weighted by Gasteiger charge is -2.30. The quantitative estimate of drug-likeness (QED) is 0.511. The summed E-state index contributed by atoms with van der Waals surface area (Å²) in [6, 6.07) is 6.07. The molecule has 1 saturated carbocycles. The van der Waals surface area contributed by atoms with E-state index in [0.717, 1.165) is 69.3 Å². The summed E-state index contributed by atoms with van der Waals surface area (Å²) in [7, 11) is 0. The second kappa shape index (κ2) is 7.51. The summed E-state index contributed by atoms with van der Waals surface area (Å²) in [6.45, 7) is 6.02. The van der Waals surface area contributed by atoms with Gasteiger partial charge in [-0.2, -0.15) is 0 Å². The van der Waals surface area contributed by atoms with Gasteiger partial charge in [0.15, 0.2) is 0 Å². The summed E-state index contributed by atoms with van der Waals surface area (Å²) in [5, 5.41) is 4.08. The van der Waals surface area contributed by atoms with E-state index in [1.807, 2.05) is 38.2 Å². The molecule has 4 aliphatic rings. The van der Waals surface area contributed by atoms with E-state index in [4.69, 9.17) is 16.3 Å². The van der Waals surface area contributed by atoms with Crippen LogP contribution in [0.1, 0.15) is 36.3 Å². The van der Waals surface area contributed by atoms with Gasteiger partial charge >= 0.3 is 0 Å². The predicted molar refractivity (Wildman–Crippen MR) is 136 cm³/mol. The number of hydrogen-bond acceptors (Lipinski definition) is 6. The molecule has 2 aliphatic heterocycles. The van der Waals surface area contributed by atoms with Crippen molar-refractivity contribution < 1.29 is 14.3 Å². The van der Waals surface area contributed by atoms with Gasteiger partial charge in [0.25, 0.3) is 0 Å². The van der Waals surface area contributed by atoms with Crippen molar-refractivity contribution in [2.45, 2.75) is 45.8 Å². The van der Waals surface area contributed by atoms with Crippen molar-refractivity contribution in [2.75, 3.05) is 13.1 Å². The van der Waals surface area contributed by atoms with Crippen LogP contribution in [0.15, 0.2) is 24.4 Å². The molecular formula is C27H26ClN3O3S. The lowest BCUT2D eigenvalue weighted by molar-refractivity contribution is -0.143. The number of ether oxygens (including phenoxy) is 1. The SMILES string of the molecule is CC1(C)C2C(=O)N(Cc3cc4nccc(-c5cc(Cl)c6c(c5OC5CNC5)CCC6)c4s3)C(=O)C21.